The van der Waals surface area contributed by atoms with Crippen LogP contribution in [-0.2, 0) is 14.3 Å². The quantitative estimate of drug-likeness (QED) is 0.444. The fraction of sp³-hybridized carbons (Fsp3) is 0.423. The number of ether oxygens (including phenoxy) is 1. The lowest BCUT2D eigenvalue weighted by molar-refractivity contribution is -0.141. The first-order chi connectivity index (χ1) is 16.4. The van der Waals surface area contributed by atoms with E-state index < -0.39 is 34.7 Å². The number of hydrogen-bond donors (Lipinski definition) is 4. The SMILES string of the molecule is CC(C)(C)OC(=O)N[C@@]1(C(=O)O)C[C@@H]1c1ccccc1.CCl.N[C@@]1(C(=O)O)C[C@@H]1c1ccccc1. The zero-order chi connectivity index (χ0) is 26.4. The van der Waals surface area contributed by atoms with Crippen LogP contribution in [-0.4, -0.2) is 51.3 Å². The molecule has 0 heterocycles. The summed E-state index contributed by atoms with van der Waals surface area (Å²) in [7, 11) is 0. The van der Waals surface area contributed by atoms with Gasteiger partial charge in [-0.1, -0.05) is 60.7 Å². The van der Waals surface area contributed by atoms with E-state index >= 15 is 0 Å². The molecule has 0 spiro atoms. The Balaban J connectivity index is 0.000000248. The van der Waals surface area contributed by atoms with Crippen molar-refractivity contribution in [1.29, 1.82) is 0 Å². The number of halogens is 1. The first-order valence-corrected chi connectivity index (χ1v) is 11.9. The smallest absolute Gasteiger partial charge is 0.408 e. The summed E-state index contributed by atoms with van der Waals surface area (Å²) in [6, 6.07) is 18.9. The van der Waals surface area contributed by atoms with E-state index in [-0.39, 0.29) is 11.8 Å². The Labute approximate surface area is 210 Å². The molecule has 2 saturated carbocycles. The first-order valence-electron chi connectivity index (χ1n) is 11.1. The predicted octanol–water partition coefficient (Wildman–Crippen LogP) is 4.33. The van der Waals surface area contributed by atoms with Crippen molar-refractivity contribution >= 4 is 29.6 Å². The minimum absolute atomic E-state index is 0.00815. The molecule has 0 radical (unpaired) electrons. The Bertz CT molecular complexity index is 1030. The highest BCUT2D eigenvalue weighted by Gasteiger charge is 2.63. The van der Waals surface area contributed by atoms with Crippen molar-refractivity contribution in [2.75, 3.05) is 6.38 Å². The lowest BCUT2D eigenvalue weighted by Crippen LogP contribution is -2.46. The number of carboxylic acids is 2. The fourth-order valence-corrected chi connectivity index (χ4v) is 3.88. The van der Waals surface area contributed by atoms with Gasteiger partial charge >= 0.3 is 18.0 Å². The van der Waals surface area contributed by atoms with E-state index in [2.05, 4.69) is 16.9 Å². The maximum absolute atomic E-state index is 11.8. The van der Waals surface area contributed by atoms with Crippen LogP contribution in [0.2, 0.25) is 0 Å². The molecule has 8 nitrogen and oxygen atoms in total. The van der Waals surface area contributed by atoms with Crippen LogP contribution < -0.4 is 11.1 Å². The highest BCUT2D eigenvalue weighted by molar-refractivity contribution is 6.15. The van der Waals surface area contributed by atoms with Crippen LogP contribution in [0.4, 0.5) is 4.79 Å². The van der Waals surface area contributed by atoms with Gasteiger partial charge in [-0.2, -0.15) is 0 Å². The number of carbonyl (C=O) groups is 3. The van der Waals surface area contributed by atoms with Crippen molar-refractivity contribution in [1.82, 2.24) is 5.32 Å². The molecule has 190 valence electrons. The summed E-state index contributed by atoms with van der Waals surface area (Å²) in [5.74, 6) is -2.15. The van der Waals surface area contributed by atoms with Gasteiger partial charge in [-0.25, -0.2) is 9.59 Å². The van der Waals surface area contributed by atoms with E-state index in [1.165, 1.54) is 6.38 Å². The third-order valence-corrected chi connectivity index (χ3v) is 5.87. The summed E-state index contributed by atoms with van der Waals surface area (Å²) in [5, 5.41) is 20.7. The highest BCUT2D eigenvalue weighted by atomic mass is 35.5. The van der Waals surface area contributed by atoms with Crippen LogP contribution in [0.15, 0.2) is 60.7 Å². The topological polar surface area (TPSA) is 139 Å². The molecular weight excluding hydrogens is 472 g/mol. The first kappa shape index (κ1) is 28.1. The average molecular weight is 505 g/mol. The second-order valence-corrected chi connectivity index (χ2v) is 9.58. The highest BCUT2D eigenvalue weighted by Crippen LogP contribution is 2.52. The molecule has 0 aliphatic heterocycles. The maximum atomic E-state index is 11.8. The van der Waals surface area contributed by atoms with Crippen molar-refractivity contribution in [3.63, 3.8) is 0 Å². The number of nitrogens with one attached hydrogen (secondary N) is 1. The summed E-state index contributed by atoms with van der Waals surface area (Å²) >= 11 is 4.64. The van der Waals surface area contributed by atoms with Gasteiger partial charge in [0.1, 0.15) is 16.7 Å². The molecule has 2 fully saturated rings. The Morgan fingerprint density at radius 2 is 1.34 bits per heavy atom. The third-order valence-electron chi connectivity index (χ3n) is 5.87. The van der Waals surface area contributed by atoms with Gasteiger partial charge in [-0.15, -0.1) is 11.6 Å². The molecule has 2 aliphatic carbocycles. The number of carboxylic acid groups (broad SMARTS) is 2. The van der Waals surface area contributed by atoms with Crippen LogP contribution in [0, 0.1) is 0 Å². The predicted molar refractivity (Wildman–Crippen MR) is 134 cm³/mol. The second-order valence-electron chi connectivity index (χ2n) is 9.58. The van der Waals surface area contributed by atoms with E-state index in [1.807, 2.05) is 60.7 Å². The molecule has 5 N–H and O–H groups in total. The third kappa shape index (κ3) is 6.96. The van der Waals surface area contributed by atoms with Gasteiger partial charge in [0.2, 0.25) is 0 Å². The Hall–Kier alpha value is -3.10. The minimum atomic E-state index is -1.25. The van der Waals surface area contributed by atoms with Crippen LogP contribution in [0.1, 0.15) is 56.6 Å². The van der Waals surface area contributed by atoms with Crippen LogP contribution in [0.5, 0.6) is 0 Å². The molecule has 1 amide bonds. The molecule has 4 atom stereocenters. The number of benzene rings is 2. The number of hydrogen-bond acceptors (Lipinski definition) is 5. The summed E-state index contributed by atoms with van der Waals surface area (Å²) in [6.07, 6.45) is 1.70. The molecule has 4 rings (SSSR count). The summed E-state index contributed by atoms with van der Waals surface area (Å²) < 4.78 is 5.13. The molecule has 0 aromatic heterocycles. The molecule has 0 saturated heterocycles. The van der Waals surface area contributed by atoms with E-state index in [4.69, 9.17) is 15.6 Å². The summed E-state index contributed by atoms with van der Waals surface area (Å²) in [5.41, 5.74) is 4.68. The zero-order valence-electron chi connectivity index (χ0n) is 20.3. The van der Waals surface area contributed by atoms with E-state index in [0.717, 1.165) is 11.1 Å². The molecule has 0 unspecified atom stereocenters. The largest absolute Gasteiger partial charge is 0.480 e. The fourth-order valence-electron chi connectivity index (χ4n) is 3.88. The van der Waals surface area contributed by atoms with Crippen LogP contribution in [0.3, 0.4) is 0 Å². The maximum Gasteiger partial charge on any atom is 0.408 e. The van der Waals surface area contributed by atoms with Gasteiger partial charge in [-0.05, 0) is 44.7 Å². The van der Waals surface area contributed by atoms with Gasteiger partial charge in [0.25, 0.3) is 0 Å². The van der Waals surface area contributed by atoms with Crippen molar-refractivity contribution in [3.05, 3.63) is 71.8 Å². The van der Waals surface area contributed by atoms with E-state index in [0.29, 0.717) is 12.8 Å². The number of carbonyl (C=O) groups excluding carboxylic acids is 1. The van der Waals surface area contributed by atoms with Gasteiger partial charge in [0.05, 0.1) is 0 Å². The number of aliphatic carboxylic acids is 2. The molecule has 2 aromatic carbocycles. The number of alkyl halides is 1. The summed E-state index contributed by atoms with van der Waals surface area (Å²) in [4.78, 5) is 34.0. The van der Waals surface area contributed by atoms with Crippen molar-refractivity contribution < 1.29 is 29.3 Å². The van der Waals surface area contributed by atoms with E-state index in [9.17, 15) is 19.5 Å². The van der Waals surface area contributed by atoms with Gasteiger partial charge in [0.15, 0.2) is 0 Å². The Kier molecular flexibility index (Phi) is 8.92. The Morgan fingerprint density at radius 1 is 0.886 bits per heavy atom. The number of alkyl carbamates (subject to hydrolysis) is 1. The number of nitrogens with two attached hydrogens (primary N) is 1. The van der Waals surface area contributed by atoms with Gasteiger partial charge in [0, 0.05) is 18.2 Å². The monoisotopic (exact) mass is 504 g/mol. The van der Waals surface area contributed by atoms with E-state index in [1.54, 1.807) is 20.8 Å². The van der Waals surface area contributed by atoms with Gasteiger partial charge in [-0.3, -0.25) is 4.79 Å². The molecular formula is C26H33ClN2O6. The molecule has 0 bridgehead atoms. The molecule has 9 heteroatoms. The standard InChI is InChI=1S/C15H19NO4.C10H11NO2.CH3Cl/c1-14(2,3)20-13(19)16-15(12(17)18)9-11(15)10-7-5-4-6-8-10;11-10(9(12)13)6-8(10)7-4-2-1-3-5-7;1-2/h4-8,11H,9H2,1-3H3,(H,16,19)(H,17,18);1-5,8H,6,11H2,(H,12,13);1H3/t11-,15+;8-,10+;/m11./s1. The number of amides is 1. The zero-order valence-corrected chi connectivity index (χ0v) is 21.1. The molecule has 2 aromatic rings. The average Bonchev–Trinajstić information content (AvgIpc) is 3.71. The van der Waals surface area contributed by atoms with Crippen LogP contribution in [0.25, 0.3) is 0 Å². The van der Waals surface area contributed by atoms with Gasteiger partial charge < -0.3 is 26.0 Å². The van der Waals surface area contributed by atoms with Crippen molar-refractivity contribution in [2.24, 2.45) is 5.73 Å². The van der Waals surface area contributed by atoms with Crippen molar-refractivity contribution in [3.8, 4) is 0 Å². The Morgan fingerprint density at radius 3 is 1.71 bits per heavy atom. The second kappa shape index (κ2) is 11.1. The summed E-state index contributed by atoms with van der Waals surface area (Å²) in [6.45, 7) is 5.21. The molecule has 35 heavy (non-hydrogen) atoms. The van der Waals surface area contributed by atoms with Crippen LogP contribution >= 0.6 is 11.6 Å². The molecule has 2 aliphatic rings. The lowest BCUT2D eigenvalue weighted by atomic mass is 10.1. The number of rotatable bonds is 5. The normalized spacial score (nSPS) is 26.0. The lowest BCUT2D eigenvalue weighted by Gasteiger charge is -2.22. The van der Waals surface area contributed by atoms with Crippen molar-refractivity contribution in [2.45, 2.75) is 62.1 Å². The minimum Gasteiger partial charge on any atom is -0.480 e.